The maximum Gasteiger partial charge on any atom is 0.321 e. The van der Waals surface area contributed by atoms with E-state index in [4.69, 9.17) is 14.2 Å². The largest absolute Gasteiger partial charge is 0.493 e. The Hall–Kier alpha value is -2.77. The van der Waals surface area contributed by atoms with E-state index in [1.807, 2.05) is 0 Å². The van der Waals surface area contributed by atoms with Gasteiger partial charge in [-0.2, -0.15) is 0 Å². The van der Waals surface area contributed by atoms with Gasteiger partial charge in [0, 0.05) is 6.04 Å². The van der Waals surface area contributed by atoms with Crippen molar-refractivity contribution < 1.29 is 28.6 Å². The number of nitrogens with one attached hydrogen (secondary N) is 2. The summed E-state index contributed by atoms with van der Waals surface area (Å²) in [5, 5.41) is 4.88. The number of carbonyl (C=O) groups excluding carboxylic acids is 3. The molecule has 0 aromatic heterocycles. The van der Waals surface area contributed by atoms with Crippen molar-refractivity contribution in [3.05, 3.63) is 23.8 Å². The lowest BCUT2D eigenvalue weighted by molar-refractivity contribution is -0.147. The van der Waals surface area contributed by atoms with Crippen LogP contribution in [0, 0.1) is 0 Å². The van der Waals surface area contributed by atoms with E-state index in [0.29, 0.717) is 17.1 Å². The zero-order valence-electron chi connectivity index (χ0n) is 15.0. The molecular formula is C18H24N2O6. The number of carbonyl (C=O) groups is 3. The van der Waals surface area contributed by atoms with Crippen molar-refractivity contribution in [1.29, 1.82) is 0 Å². The van der Waals surface area contributed by atoms with Crippen LogP contribution in [0.25, 0.3) is 0 Å². The van der Waals surface area contributed by atoms with Gasteiger partial charge >= 0.3 is 12.0 Å². The summed E-state index contributed by atoms with van der Waals surface area (Å²) in [6.45, 7) is -0.510. The molecule has 26 heavy (non-hydrogen) atoms. The normalized spacial score (nSPS) is 13.8. The second-order valence-electron chi connectivity index (χ2n) is 6.03. The van der Waals surface area contributed by atoms with E-state index >= 15 is 0 Å². The number of imide groups is 1. The molecule has 0 saturated heterocycles. The third kappa shape index (κ3) is 5.94. The fraction of sp³-hybridized carbons (Fsp3) is 0.500. The van der Waals surface area contributed by atoms with Crippen molar-refractivity contribution >= 4 is 17.9 Å². The van der Waals surface area contributed by atoms with Gasteiger partial charge in [-0.3, -0.25) is 14.9 Å². The summed E-state index contributed by atoms with van der Waals surface area (Å²) in [6, 6.07) is 4.60. The molecule has 0 radical (unpaired) electrons. The molecule has 1 aromatic rings. The molecule has 1 saturated carbocycles. The van der Waals surface area contributed by atoms with Crippen molar-refractivity contribution in [3.8, 4) is 11.5 Å². The van der Waals surface area contributed by atoms with Crippen LogP contribution in [-0.4, -0.2) is 44.8 Å². The van der Waals surface area contributed by atoms with Crippen LogP contribution in [0.2, 0.25) is 0 Å². The molecule has 2 N–H and O–H groups in total. The topological polar surface area (TPSA) is 103 Å². The lowest BCUT2D eigenvalue weighted by Gasteiger charge is -2.12. The summed E-state index contributed by atoms with van der Waals surface area (Å²) in [5.74, 6) is -0.193. The summed E-state index contributed by atoms with van der Waals surface area (Å²) >= 11 is 0. The lowest BCUT2D eigenvalue weighted by Crippen LogP contribution is -2.45. The molecule has 1 fully saturated rings. The number of amides is 3. The average Bonchev–Trinajstić information content (AvgIpc) is 3.12. The first kappa shape index (κ1) is 19.6. The number of ether oxygens (including phenoxy) is 3. The van der Waals surface area contributed by atoms with Gasteiger partial charge in [-0.25, -0.2) is 4.79 Å². The Morgan fingerprint density at radius 3 is 2.42 bits per heavy atom. The van der Waals surface area contributed by atoms with Gasteiger partial charge in [0.25, 0.3) is 5.91 Å². The Bertz CT molecular complexity index is 655. The summed E-state index contributed by atoms with van der Waals surface area (Å²) in [6.07, 6.45) is 3.96. The van der Waals surface area contributed by atoms with Crippen LogP contribution in [0.3, 0.4) is 0 Å². The van der Waals surface area contributed by atoms with Crippen molar-refractivity contribution in [3.63, 3.8) is 0 Å². The van der Waals surface area contributed by atoms with Gasteiger partial charge in [0.1, 0.15) is 0 Å². The Morgan fingerprint density at radius 1 is 1.08 bits per heavy atom. The van der Waals surface area contributed by atoms with Gasteiger partial charge in [-0.05, 0) is 30.5 Å². The van der Waals surface area contributed by atoms with Crippen LogP contribution < -0.4 is 20.1 Å². The molecule has 0 unspecified atom stereocenters. The third-order valence-electron chi connectivity index (χ3n) is 4.10. The summed E-state index contributed by atoms with van der Waals surface area (Å²) in [4.78, 5) is 35.2. The van der Waals surface area contributed by atoms with Gasteiger partial charge in [0.15, 0.2) is 18.1 Å². The molecular weight excluding hydrogens is 340 g/mol. The zero-order valence-corrected chi connectivity index (χ0v) is 15.0. The maximum absolute atomic E-state index is 11.9. The number of hydrogen-bond donors (Lipinski definition) is 2. The molecule has 142 valence electrons. The highest BCUT2D eigenvalue weighted by atomic mass is 16.5. The molecule has 2 rings (SSSR count). The molecule has 8 nitrogen and oxygen atoms in total. The predicted molar refractivity (Wildman–Crippen MR) is 93.1 cm³/mol. The van der Waals surface area contributed by atoms with Crippen LogP contribution in [-0.2, 0) is 20.7 Å². The Morgan fingerprint density at radius 2 is 1.77 bits per heavy atom. The van der Waals surface area contributed by atoms with Crippen molar-refractivity contribution in [2.24, 2.45) is 0 Å². The van der Waals surface area contributed by atoms with E-state index in [9.17, 15) is 14.4 Å². The minimum absolute atomic E-state index is 0.0259. The van der Waals surface area contributed by atoms with E-state index < -0.39 is 24.5 Å². The van der Waals surface area contributed by atoms with Gasteiger partial charge in [-0.15, -0.1) is 0 Å². The molecule has 0 bridgehead atoms. The van der Waals surface area contributed by atoms with E-state index in [1.54, 1.807) is 18.2 Å². The number of rotatable bonds is 7. The van der Waals surface area contributed by atoms with Crippen molar-refractivity contribution in [2.75, 3.05) is 20.8 Å². The number of hydrogen-bond acceptors (Lipinski definition) is 6. The summed E-state index contributed by atoms with van der Waals surface area (Å²) in [7, 11) is 3.02. The molecule has 0 heterocycles. The first-order chi connectivity index (χ1) is 12.5. The van der Waals surface area contributed by atoms with E-state index in [-0.39, 0.29) is 12.5 Å². The number of esters is 1. The van der Waals surface area contributed by atoms with Gasteiger partial charge < -0.3 is 19.5 Å². The third-order valence-corrected chi connectivity index (χ3v) is 4.10. The highest BCUT2D eigenvalue weighted by molar-refractivity contribution is 5.95. The van der Waals surface area contributed by atoms with E-state index in [1.165, 1.54) is 14.2 Å². The van der Waals surface area contributed by atoms with E-state index in [0.717, 1.165) is 25.7 Å². The number of urea groups is 1. The van der Waals surface area contributed by atoms with Crippen LogP contribution >= 0.6 is 0 Å². The average molecular weight is 364 g/mol. The SMILES string of the molecule is COc1ccc(CC(=O)OCC(=O)NC(=O)NC2CCCC2)cc1OC. The van der Waals surface area contributed by atoms with Crippen LogP contribution in [0.4, 0.5) is 4.79 Å². The van der Waals surface area contributed by atoms with Crippen LogP contribution in [0.1, 0.15) is 31.2 Å². The molecule has 1 aliphatic carbocycles. The molecule has 0 aliphatic heterocycles. The standard InChI is InChI=1S/C18H24N2O6/c1-24-14-8-7-12(9-15(14)25-2)10-17(22)26-11-16(21)20-18(23)19-13-5-3-4-6-13/h7-9,13H,3-6,10-11H2,1-2H3,(H2,19,20,21,23). The maximum atomic E-state index is 11.9. The number of methoxy groups -OCH3 is 2. The molecule has 3 amide bonds. The minimum atomic E-state index is -0.666. The highest BCUT2D eigenvalue weighted by Gasteiger charge is 2.18. The fourth-order valence-corrected chi connectivity index (χ4v) is 2.81. The van der Waals surface area contributed by atoms with Gasteiger partial charge in [0.2, 0.25) is 0 Å². The second-order valence-corrected chi connectivity index (χ2v) is 6.03. The Balaban J connectivity index is 1.73. The zero-order chi connectivity index (χ0) is 18.9. The number of benzene rings is 1. The lowest BCUT2D eigenvalue weighted by atomic mass is 10.1. The monoisotopic (exact) mass is 364 g/mol. The summed E-state index contributed by atoms with van der Waals surface area (Å²) in [5.41, 5.74) is 0.659. The smallest absolute Gasteiger partial charge is 0.321 e. The van der Waals surface area contributed by atoms with E-state index in [2.05, 4.69) is 10.6 Å². The first-order valence-corrected chi connectivity index (χ1v) is 8.48. The second kappa shape index (κ2) is 9.65. The molecule has 0 atom stereocenters. The highest BCUT2D eigenvalue weighted by Crippen LogP contribution is 2.27. The predicted octanol–water partition coefficient (Wildman–Crippen LogP) is 1.56. The van der Waals surface area contributed by atoms with Crippen molar-refractivity contribution in [2.45, 2.75) is 38.1 Å². The summed E-state index contributed by atoms with van der Waals surface area (Å²) < 4.78 is 15.2. The van der Waals surface area contributed by atoms with Gasteiger partial charge in [0.05, 0.1) is 20.6 Å². The molecule has 1 aromatic carbocycles. The molecule has 8 heteroatoms. The first-order valence-electron chi connectivity index (χ1n) is 8.48. The van der Waals surface area contributed by atoms with Crippen molar-refractivity contribution in [1.82, 2.24) is 10.6 Å². The van der Waals surface area contributed by atoms with Crippen LogP contribution in [0.5, 0.6) is 11.5 Å². The van der Waals surface area contributed by atoms with Gasteiger partial charge in [-0.1, -0.05) is 18.9 Å². The fourth-order valence-electron chi connectivity index (χ4n) is 2.81. The molecule has 0 spiro atoms. The Labute approximate surface area is 152 Å². The Kier molecular flexibility index (Phi) is 7.25. The molecule has 1 aliphatic rings. The quantitative estimate of drug-likeness (QED) is 0.712. The minimum Gasteiger partial charge on any atom is -0.493 e. The van der Waals surface area contributed by atoms with Crippen LogP contribution in [0.15, 0.2) is 18.2 Å².